The Morgan fingerprint density at radius 1 is 0.353 bits per heavy atom. The molecule has 770 valence electrons. The summed E-state index contributed by atoms with van der Waals surface area (Å²) in [5.41, 5.74) is 4.60. The second kappa shape index (κ2) is 59.4. The maximum Gasteiger partial charge on any atom is 0.213 e. The summed E-state index contributed by atoms with van der Waals surface area (Å²) in [6.07, 6.45) is 22.4. The molecule has 3 heterocycles. The fourth-order valence-corrected chi connectivity index (χ4v) is 17.7. The van der Waals surface area contributed by atoms with Gasteiger partial charge in [0.15, 0.2) is 5.78 Å². The number of Topliss-reactive ketones (excluding diaryl/α,β-unsaturated/α-hetero) is 2. The number of halogens is 3. The summed E-state index contributed by atoms with van der Waals surface area (Å²) in [5, 5.41) is 24.4. The number of rotatable bonds is 42. The van der Waals surface area contributed by atoms with Gasteiger partial charge in [-0.25, -0.2) is 18.2 Å². The minimum absolute atomic E-state index is 0.0154. The van der Waals surface area contributed by atoms with Crippen molar-refractivity contribution in [1.82, 2.24) is 52.0 Å². The van der Waals surface area contributed by atoms with E-state index in [2.05, 4.69) is 241 Å². The first-order valence-electron chi connectivity index (χ1n) is 52.7. The minimum atomic E-state index is -0.425. The fraction of sp³-hybridized carbons (Fsp3) is 0.726. The number of carbonyl (C=O) groups is 2. The fourth-order valence-electron chi connectivity index (χ4n) is 17.7. The molecule has 0 unspecified atom stereocenters. The zero-order chi connectivity index (χ0) is 100. The molecule has 2 aliphatic heterocycles. The third-order valence-corrected chi connectivity index (χ3v) is 25.8. The molecule has 20 nitrogen and oxygen atoms in total. The first-order valence-corrected chi connectivity index (χ1v) is 52.7. The third kappa shape index (κ3) is 45.6. The molecule has 0 spiro atoms. The van der Waals surface area contributed by atoms with Gasteiger partial charge in [-0.15, -0.1) is 0 Å². The second-order valence-corrected chi connectivity index (χ2v) is 44.5. The van der Waals surface area contributed by atoms with E-state index in [1.165, 1.54) is 80.7 Å². The lowest BCUT2D eigenvalue weighted by atomic mass is 9.88. The van der Waals surface area contributed by atoms with Gasteiger partial charge < -0.3 is 80.0 Å². The van der Waals surface area contributed by atoms with E-state index in [0.717, 1.165) is 125 Å². The topological polar surface area (TPSA) is 212 Å². The minimum Gasteiger partial charge on any atom is -0.490 e. The van der Waals surface area contributed by atoms with E-state index < -0.39 is 5.82 Å². The molecule has 2 saturated heterocycles. The van der Waals surface area contributed by atoms with Crippen LogP contribution in [-0.4, -0.2) is 212 Å². The number of aromatic nitrogens is 1. The van der Waals surface area contributed by atoms with Crippen LogP contribution in [-0.2, 0) is 19.1 Å². The van der Waals surface area contributed by atoms with Crippen molar-refractivity contribution in [3.63, 3.8) is 0 Å². The Hall–Kier alpha value is -6.48. The Morgan fingerprint density at radius 3 is 1.09 bits per heavy atom. The van der Waals surface area contributed by atoms with Crippen LogP contribution < -0.4 is 65.6 Å². The number of nitrogens with one attached hydrogen (secondary N) is 7. The number of pyridine rings is 1. The zero-order valence-electron chi connectivity index (χ0n) is 89.5. The van der Waals surface area contributed by atoms with Crippen molar-refractivity contribution >= 4 is 11.6 Å². The predicted octanol–water partition coefficient (Wildman–Crippen LogP) is 22.6. The number of nitrogens with zero attached hydrogens (tertiary/aromatic N) is 3. The number of carbonyl (C=O) groups excluding carboxylic acids is 2. The van der Waals surface area contributed by atoms with E-state index in [0.29, 0.717) is 174 Å². The Labute approximate surface area is 822 Å². The lowest BCUT2D eigenvalue weighted by Crippen LogP contribution is -2.50. The van der Waals surface area contributed by atoms with Gasteiger partial charge in [0.25, 0.3) is 0 Å². The Morgan fingerprint density at radius 2 is 0.699 bits per heavy atom. The normalized spacial score (nSPS) is 23.0. The SMILES string of the molecule is CC(C)CN1CCC(OC2CC(NC(C)C)C2)CC1.CC(C)NC1CC(OC2CCN(CC(=O)C(C)C)CC2)C1.CC(C)NC1CC(Oc2cc(C(C)C)ccn2)C1.CC(C)NC1CC(Oc2cc(F)cc(C(C)C)c2)C1.CC(C)NC1CC(Oc2cc(F)cc(OCC(=O)C(C)C)c2)C1.CC(C)NC1CC(Oc2cccc(C(C)C)c2)C1.CC(C)NC[C@@H](C)Oc1cc(F)cc(C(C)C)c1. The van der Waals surface area contributed by atoms with Crippen molar-refractivity contribution in [1.29, 1.82) is 0 Å². The van der Waals surface area contributed by atoms with Crippen LogP contribution in [0, 0.1) is 35.2 Å². The number of ether oxygens (including phenoxy) is 8. The molecule has 7 N–H and O–H groups in total. The molecule has 6 aliphatic carbocycles. The van der Waals surface area contributed by atoms with Crippen molar-refractivity contribution < 1.29 is 60.7 Å². The maximum atomic E-state index is 13.7. The summed E-state index contributed by atoms with van der Waals surface area (Å²) in [4.78, 5) is 32.5. The average Bonchev–Trinajstić information content (AvgIpc) is 0.816. The number of ketones is 2. The van der Waals surface area contributed by atoms with Crippen molar-refractivity contribution in [3.05, 3.63) is 137 Å². The van der Waals surface area contributed by atoms with Gasteiger partial charge in [0.05, 0.1) is 31.0 Å². The highest BCUT2D eigenvalue weighted by molar-refractivity contribution is 5.82. The number of hydrogen-bond donors (Lipinski definition) is 7. The van der Waals surface area contributed by atoms with Crippen molar-refractivity contribution in [2.45, 2.75) is 461 Å². The average molecular weight is 1900 g/mol. The molecular formula is C113H187F3N10O10. The Kier molecular flexibility index (Phi) is 50.9. The quantitative estimate of drug-likeness (QED) is 0.0194. The molecular weight excluding hydrogens is 1710 g/mol. The van der Waals surface area contributed by atoms with Crippen LogP contribution >= 0.6 is 0 Å². The highest BCUT2D eigenvalue weighted by Crippen LogP contribution is 2.36. The molecule has 0 bridgehead atoms. The number of piperidine rings is 2. The molecule has 5 aromatic rings. The van der Waals surface area contributed by atoms with Gasteiger partial charge in [0, 0.05) is 172 Å². The molecule has 13 rings (SSSR count). The predicted molar refractivity (Wildman–Crippen MR) is 554 cm³/mol. The van der Waals surface area contributed by atoms with Gasteiger partial charge in [0.1, 0.15) is 89.1 Å². The molecule has 1 aromatic heterocycles. The van der Waals surface area contributed by atoms with Crippen LogP contribution in [0.25, 0.3) is 0 Å². The van der Waals surface area contributed by atoms with E-state index in [1.807, 2.05) is 66.8 Å². The van der Waals surface area contributed by atoms with Crippen LogP contribution in [0.15, 0.2) is 97.2 Å². The van der Waals surface area contributed by atoms with Gasteiger partial charge in [-0.1, -0.05) is 206 Å². The molecule has 136 heavy (non-hydrogen) atoms. The molecule has 6 saturated carbocycles. The van der Waals surface area contributed by atoms with E-state index in [4.69, 9.17) is 37.9 Å². The van der Waals surface area contributed by atoms with Gasteiger partial charge in [-0.05, 0) is 204 Å². The van der Waals surface area contributed by atoms with Crippen LogP contribution in [0.3, 0.4) is 0 Å². The molecule has 0 amide bonds. The number of hydrogen-bond acceptors (Lipinski definition) is 20. The molecule has 8 fully saturated rings. The van der Waals surface area contributed by atoms with E-state index in [1.54, 1.807) is 18.2 Å². The van der Waals surface area contributed by atoms with Crippen molar-refractivity contribution in [2.75, 3.05) is 52.4 Å². The lowest BCUT2D eigenvalue weighted by molar-refractivity contribution is -0.125. The zero-order valence-corrected chi connectivity index (χ0v) is 89.5. The lowest BCUT2D eigenvalue weighted by Gasteiger charge is -2.41. The van der Waals surface area contributed by atoms with E-state index in [-0.39, 0.29) is 54.2 Å². The first-order chi connectivity index (χ1) is 64.2. The van der Waals surface area contributed by atoms with Gasteiger partial charge >= 0.3 is 0 Å². The highest BCUT2D eigenvalue weighted by atomic mass is 19.1. The summed E-state index contributed by atoms with van der Waals surface area (Å²) in [6, 6.07) is 34.1. The summed E-state index contributed by atoms with van der Waals surface area (Å²) >= 11 is 0. The first kappa shape index (κ1) is 116. The Balaban J connectivity index is 0.000000217. The summed E-state index contributed by atoms with van der Waals surface area (Å²) in [7, 11) is 0. The molecule has 0 radical (unpaired) electrons. The van der Waals surface area contributed by atoms with Crippen LogP contribution in [0.1, 0.15) is 349 Å². The van der Waals surface area contributed by atoms with Gasteiger partial charge in [0.2, 0.25) is 5.88 Å². The summed E-state index contributed by atoms with van der Waals surface area (Å²) in [6.45, 7) is 68.5. The van der Waals surface area contributed by atoms with Crippen molar-refractivity contribution in [3.8, 4) is 34.6 Å². The monoisotopic (exact) mass is 1900 g/mol. The third-order valence-electron chi connectivity index (χ3n) is 25.8. The highest BCUT2D eigenvalue weighted by Gasteiger charge is 2.38. The van der Waals surface area contributed by atoms with E-state index >= 15 is 0 Å². The van der Waals surface area contributed by atoms with Gasteiger partial charge in [-0.3, -0.25) is 14.5 Å². The van der Waals surface area contributed by atoms with Crippen molar-refractivity contribution in [2.24, 2.45) is 17.8 Å². The van der Waals surface area contributed by atoms with Gasteiger partial charge in [-0.2, -0.15) is 0 Å². The van der Waals surface area contributed by atoms with Crippen LogP contribution in [0.5, 0.6) is 34.6 Å². The standard InChI is InChI=1S/C18H26FNO3.C17H32N2O2.C16H24FNO.C16H32N2O.C16H25NO.C15H24FNO.C15H24N2O/c1-11(2)18(21)10-22-15-5-13(19)6-16(9-15)23-17-7-14(8-17)20-12(3)4;1-12(2)17(20)11-19-7-5-15(6-8-19)21-16-9-14(10-16)18-13(3)4;1-10(2)12-5-13(17)7-15(6-12)19-16-8-14(9-16)18-11(3)4;1-12(2)11-18-7-5-15(6-8-18)19-16-9-14(10-16)17-13(3)4;1-11(2)13-6-5-7-15(8-13)18-16-9-14(10-16)17-12(3)4;1-10(2)13-6-14(16)8-15(7-13)18-12(5)9-17-11(3)4;1-10(2)12-5-6-16-15(7-12)18-14-8-13(9-14)17-11(3)4/h5-6,9,11-12,14,17,20H,7-8,10H2,1-4H3;12-16,18H,5-11H2,1-4H3;5-7,10-11,14,16,18H,8-9H2,1-4H3;12-17H,5-11H2,1-4H3;5-8,11-12,14,16-17H,9-10H2,1-4H3;6-8,10-12,17H,9H2,1-5H3;5-7,10-11,13-14,17H,8-9H2,1-4H3/t;;;;;12-;/m.....1./s1. The number of benzene rings is 4. The van der Waals surface area contributed by atoms with Crippen LogP contribution in [0.2, 0.25) is 0 Å². The maximum absolute atomic E-state index is 13.7. The second-order valence-electron chi connectivity index (χ2n) is 44.5. The number of likely N-dealkylation sites (tertiary alicyclic amines) is 2. The molecule has 8 aliphatic rings. The molecule has 4 aromatic carbocycles. The largest absolute Gasteiger partial charge is 0.490 e. The van der Waals surface area contributed by atoms with Crippen LogP contribution in [0.4, 0.5) is 13.2 Å². The summed E-state index contributed by atoms with van der Waals surface area (Å²) < 4.78 is 87.7. The summed E-state index contributed by atoms with van der Waals surface area (Å²) in [5.74, 6) is 5.84. The van der Waals surface area contributed by atoms with E-state index in [9.17, 15) is 22.8 Å². The molecule has 23 heteroatoms. The smallest absolute Gasteiger partial charge is 0.213 e. The molecule has 1 atom stereocenters. The Bertz CT molecular complexity index is 4080.